The molecule has 27 heavy (non-hydrogen) atoms. The van der Waals surface area contributed by atoms with Crippen molar-refractivity contribution in [2.24, 2.45) is 0 Å². The number of hydrogen-bond donors (Lipinski definition) is 0. The number of aromatic nitrogens is 3. The van der Waals surface area contributed by atoms with Crippen molar-refractivity contribution in [2.45, 2.75) is 32.2 Å². The normalized spacial score (nSPS) is 15.8. The first-order valence-corrected chi connectivity index (χ1v) is 9.55. The van der Waals surface area contributed by atoms with Gasteiger partial charge in [-0.2, -0.15) is 0 Å². The molecule has 3 heterocycles. The summed E-state index contributed by atoms with van der Waals surface area (Å²) >= 11 is 0. The van der Waals surface area contributed by atoms with Gasteiger partial charge < -0.3 is 4.74 Å². The third-order valence-corrected chi connectivity index (χ3v) is 5.40. The molecular weight excluding hydrogens is 336 g/mol. The molecule has 4 rings (SSSR count). The van der Waals surface area contributed by atoms with Gasteiger partial charge in [-0.15, -0.1) is 0 Å². The predicted molar refractivity (Wildman–Crippen MR) is 106 cm³/mol. The van der Waals surface area contributed by atoms with Gasteiger partial charge in [0.25, 0.3) is 0 Å². The number of rotatable bonds is 5. The predicted octanol–water partition coefficient (Wildman–Crippen LogP) is 3.96. The van der Waals surface area contributed by atoms with Crippen molar-refractivity contribution in [3.8, 4) is 11.6 Å². The fraction of sp³-hybridized carbons (Fsp3) is 0.364. The molecule has 0 unspecified atom stereocenters. The van der Waals surface area contributed by atoms with Crippen LogP contribution in [-0.2, 0) is 6.54 Å². The zero-order valence-electron chi connectivity index (χ0n) is 16.0. The molecule has 5 heteroatoms. The summed E-state index contributed by atoms with van der Waals surface area (Å²) in [6.07, 6.45) is 6.09. The van der Waals surface area contributed by atoms with Gasteiger partial charge in [-0.1, -0.05) is 18.2 Å². The zero-order chi connectivity index (χ0) is 18.6. The fourth-order valence-corrected chi connectivity index (χ4v) is 3.80. The third kappa shape index (κ3) is 4.03. The molecule has 2 aromatic heterocycles. The van der Waals surface area contributed by atoms with Gasteiger partial charge in [0.05, 0.1) is 7.11 Å². The van der Waals surface area contributed by atoms with Crippen molar-refractivity contribution in [3.63, 3.8) is 0 Å². The lowest BCUT2D eigenvalue weighted by molar-refractivity contribution is 0.203. The second-order valence-corrected chi connectivity index (χ2v) is 7.16. The first-order chi connectivity index (χ1) is 13.2. The van der Waals surface area contributed by atoms with E-state index < -0.39 is 0 Å². The lowest BCUT2D eigenvalue weighted by atomic mass is 9.93. The molecule has 1 fully saturated rings. The van der Waals surface area contributed by atoms with Crippen LogP contribution in [0.2, 0.25) is 0 Å². The highest BCUT2D eigenvalue weighted by Gasteiger charge is 2.22. The Labute approximate surface area is 160 Å². The minimum atomic E-state index is 0.529. The van der Waals surface area contributed by atoms with Gasteiger partial charge in [0.2, 0.25) is 0 Å². The summed E-state index contributed by atoms with van der Waals surface area (Å²) in [6, 6.07) is 14.7. The van der Waals surface area contributed by atoms with Gasteiger partial charge >= 0.3 is 0 Å². The van der Waals surface area contributed by atoms with E-state index in [0.29, 0.717) is 5.92 Å². The minimum absolute atomic E-state index is 0.529. The fourth-order valence-electron chi connectivity index (χ4n) is 3.80. The van der Waals surface area contributed by atoms with Crippen LogP contribution in [0.3, 0.4) is 0 Å². The summed E-state index contributed by atoms with van der Waals surface area (Å²) in [4.78, 5) is 11.8. The van der Waals surface area contributed by atoms with E-state index in [1.807, 2.05) is 36.0 Å². The minimum Gasteiger partial charge on any atom is -0.497 e. The number of hydrogen-bond acceptors (Lipinski definition) is 4. The van der Waals surface area contributed by atoms with E-state index in [-0.39, 0.29) is 0 Å². The lowest BCUT2D eigenvalue weighted by Crippen LogP contribution is -2.32. The van der Waals surface area contributed by atoms with Crippen LogP contribution >= 0.6 is 0 Å². The average Bonchev–Trinajstić information content (AvgIpc) is 3.15. The van der Waals surface area contributed by atoms with E-state index in [0.717, 1.165) is 49.9 Å². The number of pyridine rings is 1. The summed E-state index contributed by atoms with van der Waals surface area (Å²) in [6.45, 7) is 5.21. The van der Waals surface area contributed by atoms with Gasteiger partial charge in [0, 0.05) is 30.6 Å². The van der Waals surface area contributed by atoms with Gasteiger partial charge in [-0.05, 0) is 62.7 Å². The van der Waals surface area contributed by atoms with Gasteiger partial charge in [-0.3, -0.25) is 9.47 Å². The molecule has 0 bridgehead atoms. The maximum absolute atomic E-state index is 5.24. The van der Waals surface area contributed by atoms with Gasteiger partial charge in [0.15, 0.2) is 0 Å². The third-order valence-electron chi connectivity index (χ3n) is 5.40. The second-order valence-electron chi connectivity index (χ2n) is 7.16. The SMILES string of the molecule is COc1ccc(CN2CCC(c3cccc(-n4ccnc4C)n3)CC2)cc1. The van der Waals surface area contributed by atoms with Crippen LogP contribution in [0.1, 0.15) is 35.8 Å². The smallest absolute Gasteiger partial charge is 0.138 e. The molecule has 140 valence electrons. The molecule has 0 atom stereocenters. The molecule has 5 nitrogen and oxygen atoms in total. The molecule has 1 aliphatic heterocycles. The van der Waals surface area contributed by atoms with E-state index in [1.165, 1.54) is 11.3 Å². The Kier molecular flexibility index (Phi) is 5.21. The van der Waals surface area contributed by atoms with E-state index in [2.05, 4.69) is 40.2 Å². The molecule has 1 aliphatic rings. The summed E-state index contributed by atoms with van der Waals surface area (Å²) in [5, 5.41) is 0. The number of imidazole rings is 1. The van der Waals surface area contributed by atoms with Crippen LogP contribution in [0.4, 0.5) is 0 Å². The summed E-state index contributed by atoms with van der Waals surface area (Å²) in [5.41, 5.74) is 2.54. The molecule has 0 spiro atoms. The van der Waals surface area contributed by atoms with Crippen LogP contribution in [0.5, 0.6) is 5.75 Å². The molecular formula is C22H26N4O. The Morgan fingerprint density at radius 3 is 2.52 bits per heavy atom. The van der Waals surface area contributed by atoms with E-state index >= 15 is 0 Å². The molecule has 0 radical (unpaired) electrons. The highest BCUT2D eigenvalue weighted by atomic mass is 16.5. The first kappa shape index (κ1) is 17.7. The Hall–Kier alpha value is -2.66. The quantitative estimate of drug-likeness (QED) is 0.689. The van der Waals surface area contributed by atoms with Crippen molar-refractivity contribution >= 4 is 0 Å². The molecule has 3 aromatic rings. The number of likely N-dealkylation sites (tertiary alicyclic amines) is 1. The van der Waals surface area contributed by atoms with Crippen LogP contribution in [-0.4, -0.2) is 39.6 Å². The number of nitrogens with zero attached hydrogens (tertiary/aromatic N) is 4. The Balaban J connectivity index is 1.38. The van der Waals surface area contributed by atoms with E-state index in [1.54, 1.807) is 7.11 Å². The zero-order valence-corrected chi connectivity index (χ0v) is 16.0. The Bertz CT molecular complexity index is 879. The number of aryl methyl sites for hydroxylation is 1. The molecule has 1 aromatic carbocycles. The van der Waals surface area contributed by atoms with Crippen molar-refractivity contribution in [1.29, 1.82) is 0 Å². The molecule has 0 saturated carbocycles. The maximum atomic E-state index is 5.24. The molecule has 0 amide bonds. The Morgan fingerprint density at radius 1 is 1.07 bits per heavy atom. The summed E-state index contributed by atoms with van der Waals surface area (Å²) in [5.74, 6) is 3.37. The van der Waals surface area contributed by atoms with Crippen molar-refractivity contribution < 1.29 is 4.74 Å². The number of ether oxygens (including phenoxy) is 1. The molecule has 0 N–H and O–H groups in total. The second kappa shape index (κ2) is 7.92. The topological polar surface area (TPSA) is 43.2 Å². The number of benzene rings is 1. The monoisotopic (exact) mass is 362 g/mol. The van der Waals surface area contributed by atoms with Crippen LogP contribution in [0.15, 0.2) is 54.9 Å². The van der Waals surface area contributed by atoms with Crippen molar-refractivity contribution in [3.05, 3.63) is 71.9 Å². The number of piperidine rings is 1. The van der Waals surface area contributed by atoms with Crippen LogP contribution < -0.4 is 4.74 Å². The average molecular weight is 362 g/mol. The van der Waals surface area contributed by atoms with Crippen molar-refractivity contribution in [2.75, 3.05) is 20.2 Å². The largest absolute Gasteiger partial charge is 0.497 e. The number of methoxy groups -OCH3 is 1. The van der Waals surface area contributed by atoms with Gasteiger partial charge in [0.1, 0.15) is 17.4 Å². The molecule has 1 saturated heterocycles. The maximum Gasteiger partial charge on any atom is 0.138 e. The van der Waals surface area contributed by atoms with E-state index in [4.69, 9.17) is 9.72 Å². The molecule has 0 aliphatic carbocycles. The van der Waals surface area contributed by atoms with Gasteiger partial charge in [-0.25, -0.2) is 9.97 Å². The van der Waals surface area contributed by atoms with Crippen molar-refractivity contribution in [1.82, 2.24) is 19.4 Å². The highest BCUT2D eigenvalue weighted by Crippen LogP contribution is 2.28. The van der Waals surface area contributed by atoms with Crippen LogP contribution in [0, 0.1) is 6.92 Å². The standard InChI is InChI=1S/C22H26N4O/c1-17-23-12-15-26(17)22-5-3-4-21(24-22)19-10-13-25(14-11-19)16-18-6-8-20(27-2)9-7-18/h3-9,12,15,19H,10-11,13-14,16H2,1-2H3. The van der Waals surface area contributed by atoms with E-state index in [9.17, 15) is 0 Å². The first-order valence-electron chi connectivity index (χ1n) is 9.55. The van der Waals surface area contributed by atoms with Crippen LogP contribution in [0.25, 0.3) is 5.82 Å². The summed E-state index contributed by atoms with van der Waals surface area (Å²) in [7, 11) is 1.71. The Morgan fingerprint density at radius 2 is 1.85 bits per heavy atom. The summed E-state index contributed by atoms with van der Waals surface area (Å²) < 4.78 is 7.28. The lowest BCUT2D eigenvalue weighted by Gasteiger charge is -2.31. The highest BCUT2D eigenvalue weighted by molar-refractivity contribution is 5.29.